The number of aryl methyl sites for hydroxylation is 1. The molecular weight excluding hydrogens is 238 g/mol. The van der Waals surface area contributed by atoms with Gasteiger partial charge in [0.15, 0.2) is 0 Å². The van der Waals surface area contributed by atoms with Crippen LogP contribution in [-0.2, 0) is 6.54 Å². The molecule has 0 radical (unpaired) electrons. The highest BCUT2D eigenvalue weighted by atomic mass is 15.1. The fourth-order valence-electron chi connectivity index (χ4n) is 1.87. The second-order valence-electron chi connectivity index (χ2n) is 4.37. The zero-order chi connectivity index (χ0) is 13.3. The van der Waals surface area contributed by atoms with E-state index in [4.69, 9.17) is 0 Å². The number of unbranched alkanes of at least 4 members (excludes halogenated alkanes) is 1. The number of hydrogen-bond acceptors (Lipinski definition) is 4. The largest absolute Gasteiger partial charge is 0.370 e. The third-order valence-electron chi connectivity index (χ3n) is 2.82. The molecule has 0 spiro atoms. The van der Waals surface area contributed by atoms with Crippen molar-refractivity contribution in [1.82, 2.24) is 14.5 Å². The highest BCUT2D eigenvalue weighted by Crippen LogP contribution is 2.09. The number of nitrogens with one attached hydrogen (secondary N) is 2. The van der Waals surface area contributed by atoms with Crippen LogP contribution in [0.1, 0.15) is 19.8 Å². The molecule has 0 bridgehead atoms. The van der Waals surface area contributed by atoms with E-state index in [9.17, 15) is 0 Å². The fraction of sp³-hybridized carbons (Fsp3) is 0.429. The van der Waals surface area contributed by atoms with E-state index in [1.165, 1.54) is 0 Å². The monoisotopic (exact) mass is 259 g/mol. The van der Waals surface area contributed by atoms with Crippen LogP contribution >= 0.6 is 0 Å². The van der Waals surface area contributed by atoms with Crippen LogP contribution in [0.3, 0.4) is 0 Å². The second-order valence-corrected chi connectivity index (χ2v) is 4.37. The lowest BCUT2D eigenvalue weighted by Crippen LogP contribution is -2.06. The van der Waals surface area contributed by atoms with E-state index in [0.29, 0.717) is 0 Å². The molecule has 2 aromatic heterocycles. The quantitative estimate of drug-likeness (QED) is 0.715. The zero-order valence-electron chi connectivity index (χ0n) is 11.3. The second kappa shape index (κ2) is 7.41. The Bertz CT molecular complexity index is 466. The summed E-state index contributed by atoms with van der Waals surface area (Å²) in [6.07, 6.45) is 7.92. The van der Waals surface area contributed by atoms with Gasteiger partial charge in [-0.25, -0.2) is 9.97 Å². The molecule has 0 fully saturated rings. The maximum Gasteiger partial charge on any atom is 0.128 e. The molecular formula is C14H21N5. The van der Waals surface area contributed by atoms with E-state index in [1.807, 2.05) is 36.9 Å². The van der Waals surface area contributed by atoms with Crippen molar-refractivity contribution in [1.29, 1.82) is 0 Å². The molecule has 2 N–H and O–H groups in total. The van der Waals surface area contributed by atoms with Gasteiger partial charge >= 0.3 is 0 Å². The van der Waals surface area contributed by atoms with Crippen LogP contribution in [0.2, 0.25) is 0 Å². The van der Waals surface area contributed by atoms with E-state index in [-0.39, 0.29) is 0 Å². The average molecular weight is 259 g/mol. The molecule has 102 valence electrons. The Kier molecular flexibility index (Phi) is 5.22. The van der Waals surface area contributed by atoms with Crippen LogP contribution < -0.4 is 10.6 Å². The summed E-state index contributed by atoms with van der Waals surface area (Å²) in [5.41, 5.74) is 0. The minimum absolute atomic E-state index is 0.890. The zero-order valence-corrected chi connectivity index (χ0v) is 11.3. The Balaban J connectivity index is 1.66. The molecule has 0 saturated carbocycles. The molecule has 0 aliphatic heterocycles. The molecule has 2 heterocycles. The van der Waals surface area contributed by atoms with Crippen molar-refractivity contribution < 1.29 is 0 Å². The maximum absolute atomic E-state index is 4.47. The summed E-state index contributed by atoms with van der Waals surface area (Å²) < 4.78 is 2.10. The number of rotatable bonds is 8. The van der Waals surface area contributed by atoms with Crippen LogP contribution in [0.5, 0.6) is 0 Å². The minimum atomic E-state index is 0.890. The van der Waals surface area contributed by atoms with E-state index in [2.05, 4.69) is 32.1 Å². The van der Waals surface area contributed by atoms with Crippen LogP contribution in [0.4, 0.5) is 11.6 Å². The standard InChI is InChI=1S/C14H21N5/c1-2-16-13-6-5-7-14(18-13)17-8-3-4-10-19-11-9-15-12-19/h5-7,9,11-12H,2-4,8,10H2,1H3,(H2,16,17,18). The van der Waals surface area contributed by atoms with Gasteiger partial charge in [-0.2, -0.15) is 0 Å². The lowest BCUT2D eigenvalue weighted by atomic mass is 10.3. The lowest BCUT2D eigenvalue weighted by Gasteiger charge is -2.08. The molecule has 0 aliphatic rings. The molecule has 19 heavy (non-hydrogen) atoms. The molecule has 0 aliphatic carbocycles. The molecule has 5 heteroatoms. The first kappa shape index (κ1) is 13.4. The highest BCUT2D eigenvalue weighted by molar-refractivity contribution is 5.44. The Hall–Kier alpha value is -2.04. The summed E-state index contributed by atoms with van der Waals surface area (Å²) >= 11 is 0. The molecule has 0 saturated heterocycles. The predicted octanol–water partition coefficient (Wildman–Crippen LogP) is 2.60. The van der Waals surface area contributed by atoms with E-state index in [0.717, 1.165) is 44.1 Å². The van der Waals surface area contributed by atoms with Crippen molar-refractivity contribution >= 4 is 11.6 Å². The average Bonchev–Trinajstić information content (AvgIpc) is 2.92. The molecule has 2 aromatic rings. The van der Waals surface area contributed by atoms with E-state index >= 15 is 0 Å². The van der Waals surface area contributed by atoms with Gasteiger partial charge in [-0.3, -0.25) is 0 Å². The van der Waals surface area contributed by atoms with Gasteiger partial charge in [-0.05, 0) is 31.9 Å². The topological polar surface area (TPSA) is 54.8 Å². The number of pyridine rings is 1. The Morgan fingerprint density at radius 2 is 2.00 bits per heavy atom. The van der Waals surface area contributed by atoms with Crippen molar-refractivity contribution in [2.24, 2.45) is 0 Å². The van der Waals surface area contributed by atoms with Gasteiger partial charge < -0.3 is 15.2 Å². The van der Waals surface area contributed by atoms with Crippen LogP contribution in [0, 0.1) is 0 Å². The van der Waals surface area contributed by atoms with Crippen LogP contribution in [0.25, 0.3) is 0 Å². The van der Waals surface area contributed by atoms with E-state index in [1.54, 1.807) is 0 Å². The normalized spacial score (nSPS) is 10.4. The lowest BCUT2D eigenvalue weighted by molar-refractivity contribution is 0.621. The van der Waals surface area contributed by atoms with Gasteiger partial charge in [0.2, 0.25) is 0 Å². The van der Waals surface area contributed by atoms with Crippen molar-refractivity contribution in [2.45, 2.75) is 26.3 Å². The first-order valence-corrected chi connectivity index (χ1v) is 6.79. The van der Waals surface area contributed by atoms with E-state index < -0.39 is 0 Å². The van der Waals surface area contributed by atoms with Gasteiger partial charge in [-0.1, -0.05) is 6.07 Å². The van der Waals surface area contributed by atoms with Gasteiger partial charge in [0.1, 0.15) is 11.6 Å². The van der Waals surface area contributed by atoms with Crippen molar-refractivity contribution in [3.8, 4) is 0 Å². The molecule has 5 nitrogen and oxygen atoms in total. The molecule has 2 rings (SSSR count). The van der Waals surface area contributed by atoms with Crippen LogP contribution in [-0.4, -0.2) is 27.6 Å². The van der Waals surface area contributed by atoms with Crippen molar-refractivity contribution in [3.05, 3.63) is 36.9 Å². The summed E-state index contributed by atoms with van der Waals surface area (Å²) in [6.45, 7) is 4.92. The molecule has 0 unspecified atom stereocenters. The van der Waals surface area contributed by atoms with Gasteiger partial charge in [0.25, 0.3) is 0 Å². The summed E-state index contributed by atoms with van der Waals surface area (Å²) in [5, 5.41) is 6.55. The minimum Gasteiger partial charge on any atom is -0.370 e. The SMILES string of the molecule is CCNc1cccc(NCCCCn2ccnc2)n1. The van der Waals surface area contributed by atoms with Gasteiger partial charge in [0.05, 0.1) is 6.33 Å². The van der Waals surface area contributed by atoms with Crippen molar-refractivity contribution in [2.75, 3.05) is 23.7 Å². The van der Waals surface area contributed by atoms with Gasteiger partial charge in [0, 0.05) is 32.0 Å². The number of hydrogen-bond donors (Lipinski definition) is 2. The third-order valence-corrected chi connectivity index (χ3v) is 2.82. The van der Waals surface area contributed by atoms with Gasteiger partial charge in [-0.15, -0.1) is 0 Å². The Labute approximate surface area is 114 Å². The number of nitrogens with zero attached hydrogens (tertiary/aromatic N) is 3. The Morgan fingerprint density at radius 1 is 1.16 bits per heavy atom. The summed E-state index contributed by atoms with van der Waals surface area (Å²) in [6, 6.07) is 5.99. The summed E-state index contributed by atoms with van der Waals surface area (Å²) in [7, 11) is 0. The van der Waals surface area contributed by atoms with Crippen LogP contribution in [0.15, 0.2) is 36.9 Å². The number of imidazole rings is 1. The number of aromatic nitrogens is 3. The van der Waals surface area contributed by atoms with Crippen molar-refractivity contribution in [3.63, 3.8) is 0 Å². The first-order chi connectivity index (χ1) is 9.38. The third kappa shape index (κ3) is 4.62. The number of anilines is 2. The highest BCUT2D eigenvalue weighted by Gasteiger charge is 1.96. The molecule has 0 atom stereocenters. The smallest absolute Gasteiger partial charge is 0.128 e. The first-order valence-electron chi connectivity index (χ1n) is 6.79. The molecule has 0 amide bonds. The summed E-state index contributed by atoms with van der Waals surface area (Å²) in [4.78, 5) is 8.50. The molecule has 0 aromatic carbocycles. The predicted molar refractivity (Wildman–Crippen MR) is 78.4 cm³/mol. The summed E-state index contributed by atoms with van der Waals surface area (Å²) in [5.74, 6) is 1.85. The fourth-order valence-corrected chi connectivity index (χ4v) is 1.87. The maximum atomic E-state index is 4.47. The Morgan fingerprint density at radius 3 is 2.74 bits per heavy atom.